The fourth-order valence-corrected chi connectivity index (χ4v) is 2.65. The SMILES string of the molecule is CC(C)NC(=O)c1ccc(Nc2ccccc2N2CCOCC2)nn1. The van der Waals surface area contributed by atoms with E-state index in [1.54, 1.807) is 12.1 Å². The van der Waals surface area contributed by atoms with Crippen molar-refractivity contribution in [2.75, 3.05) is 36.5 Å². The molecule has 1 aliphatic rings. The third kappa shape index (κ3) is 4.45. The van der Waals surface area contributed by atoms with E-state index in [4.69, 9.17) is 4.74 Å². The quantitative estimate of drug-likeness (QED) is 0.868. The Balaban J connectivity index is 1.73. The highest BCUT2D eigenvalue weighted by Gasteiger charge is 2.15. The molecule has 1 aromatic carbocycles. The summed E-state index contributed by atoms with van der Waals surface area (Å²) in [4.78, 5) is 14.2. The third-order valence-electron chi connectivity index (χ3n) is 3.84. The molecule has 0 saturated carbocycles. The first-order valence-electron chi connectivity index (χ1n) is 8.47. The maximum Gasteiger partial charge on any atom is 0.271 e. The number of benzene rings is 1. The molecule has 1 aromatic heterocycles. The summed E-state index contributed by atoms with van der Waals surface area (Å²) >= 11 is 0. The van der Waals surface area contributed by atoms with Gasteiger partial charge in [-0.25, -0.2) is 0 Å². The van der Waals surface area contributed by atoms with E-state index in [0.29, 0.717) is 11.5 Å². The van der Waals surface area contributed by atoms with Crippen LogP contribution >= 0.6 is 0 Å². The highest BCUT2D eigenvalue weighted by Crippen LogP contribution is 2.28. The number of ether oxygens (including phenoxy) is 1. The number of anilines is 3. The van der Waals surface area contributed by atoms with Crippen molar-refractivity contribution in [3.63, 3.8) is 0 Å². The first-order chi connectivity index (χ1) is 12.1. The lowest BCUT2D eigenvalue weighted by atomic mass is 10.2. The molecule has 0 bridgehead atoms. The Morgan fingerprint density at radius 1 is 1.12 bits per heavy atom. The van der Waals surface area contributed by atoms with Gasteiger partial charge in [0.25, 0.3) is 5.91 Å². The number of carbonyl (C=O) groups is 1. The summed E-state index contributed by atoms with van der Waals surface area (Å²) in [5, 5.41) is 14.2. The van der Waals surface area contributed by atoms with E-state index in [1.807, 2.05) is 32.0 Å². The minimum absolute atomic E-state index is 0.0625. The van der Waals surface area contributed by atoms with Crippen molar-refractivity contribution >= 4 is 23.1 Å². The van der Waals surface area contributed by atoms with Gasteiger partial charge in [-0.3, -0.25) is 4.79 Å². The second-order valence-corrected chi connectivity index (χ2v) is 6.17. The van der Waals surface area contributed by atoms with Crippen LogP contribution in [0.15, 0.2) is 36.4 Å². The van der Waals surface area contributed by atoms with Crippen LogP contribution in [0.4, 0.5) is 17.2 Å². The van der Waals surface area contributed by atoms with E-state index >= 15 is 0 Å². The van der Waals surface area contributed by atoms with Gasteiger partial charge in [0.05, 0.1) is 24.6 Å². The number of amides is 1. The van der Waals surface area contributed by atoms with Crippen LogP contribution in [0.5, 0.6) is 0 Å². The molecule has 1 amide bonds. The van der Waals surface area contributed by atoms with Crippen molar-refractivity contribution in [1.82, 2.24) is 15.5 Å². The number of hydrogen-bond donors (Lipinski definition) is 2. The topological polar surface area (TPSA) is 79.4 Å². The standard InChI is InChI=1S/C18H23N5O2/c1-13(2)19-18(24)15-7-8-17(22-21-15)20-14-5-3-4-6-16(14)23-9-11-25-12-10-23/h3-8,13H,9-12H2,1-2H3,(H,19,24)(H,20,22). The zero-order valence-corrected chi connectivity index (χ0v) is 14.5. The van der Waals surface area contributed by atoms with Crippen molar-refractivity contribution in [1.29, 1.82) is 0 Å². The molecule has 7 nitrogen and oxygen atoms in total. The number of nitrogens with zero attached hydrogens (tertiary/aromatic N) is 3. The van der Waals surface area contributed by atoms with Gasteiger partial charge in [0.1, 0.15) is 0 Å². The van der Waals surface area contributed by atoms with Crippen LogP contribution < -0.4 is 15.5 Å². The van der Waals surface area contributed by atoms with Crippen LogP contribution in [-0.2, 0) is 4.74 Å². The van der Waals surface area contributed by atoms with Gasteiger partial charge in [-0.15, -0.1) is 10.2 Å². The van der Waals surface area contributed by atoms with E-state index in [9.17, 15) is 4.79 Å². The first kappa shape index (κ1) is 17.2. The van der Waals surface area contributed by atoms with Crippen LogP contribution in [0.2, 0.25) is 0 Å². The van der Waals surface area contributed by atoms with Crippen LogP contribution in [0.3, 0.4) is 0 Å². The molecule has 2 N–H and O–H groups in total. The molecule has 3 rings (SSSR count). The number of rotatable bonds is 5. The summed E-state index contributed by atoms with van der Waals surface area (Å²) in [6, 6.07) is 11.6. The van der Waals surface area contributed by atoms with Gasteiger partial charge in [0.15, 0.2) is 11.5 Å². The second kappa shape index (κ2) is 7.94. The molecule has 0 radical (unpaired) electrons. The second-order valence-electron chi connectivity index (χ2n) is 6.17. The fourth-order valence-electron chi connectivity index (χ4n) is 2.65. The molecule has 2 heterocycles. The first-order valence-corrected chi connectivity index (χ1v) is 8.47. The van der Waals surface area contributed by atoms with Gasteiger partial charge >= 0.3 is 0 Å². The monoisotopic (exact) mass is 341 g/mol. The van der Waals surface area contributed by atoms with Crippen LogP contribution in [0.25, 0.3) is 0 Å². The van der Waals surface area contributed by atoms with E-state index in [0.717, 1.165) is 37.7 Å². The molecular weight excluding hydrogens is 318 g/mol. The number of carbonyl (C=O) groups excluding carboxylic acids is 1. The Kier molecular flexibility index (Phi) is 5.45. The maximum absolute atomic E-state index is 11.9. The zero-order chi connectivity index (χ0) is 17.6. The normalized spacial score (nSPS) is 14.4. The van der Waals surface area contributed by atoms with E-state index in [1.165, 1.54) is 0 Å². The predicted molar refractivity (Wildman–Crippen MR) is 97.4 cm³/mol. The van der Waals surface area contributed by atoms with Gasteiger partial charge in [0.2, 0.25) is 0 Å². The Labute approximate surface area is 147 Å². The summed E-state index contributed by atoms with van der Waals surface area (Å²) in [7, 11) is 0. The van der Waals surface area contributed by atoms with Gasteiger partial charge < -0.3 is 20.3 Å². The Morgan fingerprint density at radius 3 is 2.56 bits per heavy atom. The number of hydrogen-bond acceptors (Lipinski definition) is 6. The summed E-state index contributed by atoms with van der Waals surface area (Å²) in [6.07, 6.45) is 0. The summed E-state index contributed by atoms with van der Waals surface area (Å²) in [5.74, 6) is 0.379. The zero-order valence-electron chi connectivity index (χ0n) is 14.5. The third-order valence-corrected chi connectivity index (χ3v) is 3.84. The Bertz CT molecular complexity index is 712. The highest BCUT2D eigenvalue weighted by molar-refractivity contribution is 5.92. The lowest BCUT2D eigenvalue weighted by Gasteiger charge is -2.30. The molecule has 0 atom stereocenters. The number of morpholine rings is 1. The molecule has 0 unspecified atom stereocenters. The molecule has 1 aliphatic heterocycles. The van der Waals surface area contributed by atoms with Gasteiger partial charge in [-0.2, -0.15) is 0 Å². The number of para-hydroxylation sites is 2. The van der Waals surface area contributed by atoms with Gasteiger partial charge in [-0.1, -0.05) is 12.1 Å². The lowest BCUT2D eigenvalue weighted by Crippen LogP contribution is -2.36. The number of nitrogens with one attached hydrogen (secondary N) is 2. The Morgan fingerprint density at radius 2 is 1.88 bits per heavy atom. The average Bonchev–Trinajstić information content (AvgIpc) is 2.63. The molecule has 1 fully saturated rings. The van der Waals surface area contributed by atoms with Crippen molar-refractivity contribution in [3.05, 3.63) is 42.1 Å². The summed E-state index contributed by atoms with van der Waals surface area (Å²) in [6.45, 7) is 6.99. The van der Waals surface area contributed by atoms with Crippen LogP contribution in [-0.4, -0.2) is 48.4 Å². The molecule has 0 spiro atoms. The van der Waals surface area contributed by atoms with Crippen molar-refractivity contribution in [2.24, 2.45) is 0 Å². The molecule has 25 heavy (non-hydrogen) atoms. The molecule has 2 aromatic rings. The van der Waals surface area contributed by atoms with Crippen LogP contribution in [0, 0.1) is 0 Å². The van der Waals surface area contributed by atoms with E-state index < -0.39 is 0 Å². The molecular formula is C18H23N5O2. The summed E-state index contributed by atoms with van der Waals surface area (Å²) < 4.78 is 5.42. The van der Waals surface area contributed by atoms with Crippen molar-refractivity contribution in [2.45, 2.75) is 19.9 Å². The van der Waals surface area contributed by atoms with Crippen LogP contribution in [0.1, 0.15) is 24.3 Å². The average molecular weight is 341 g/mol. The van der Waals surface area contributed by atoms with E-state index in [2.05, 4.69) is 31.8 Å². The van der Waals surface area contributed by atoms with Gasteiger partial charge in [0, 0.05) is 19.1 Å². The van der Waals surface area contributed by atoms with Crippen molar-refractivity contribution in [3.8, 4) is 0 Å². The molecule has 0 aliphatic carbocycles. The maximum atomic E-state index is 11.9. The van der Waals surface area contributed by atoms with E-state index in [-0.39, 0.29) is 11.9 Å². The smallest absolute Gasteiger partial charge is 0.271 e. The predicted octanol–water partition coefficient (Wildman–Crippen LogP) is 2.19. The van der Waals surface area contributed by atoms with Gasteiger partial charge in [-0.05, 0) is 38.1 Å². The molecule has 1 saturated heterocycles. The molecule has 132 valence electrons. The highest BCUT2D eigenvalue weighted by atomic mass is 16.5. The Hall–Kier alpha value is -2.67. The fraction of sp³-hybridized carbons (Fsp3) is 0.389. The summed E-state index contributed by atoms with van der Waals surface area (Å²) in [5.41, 5.74) is 2.37. The minimum Gasteiger partial charge on any atom is -0.378 e. The minimum atomic E-state index is -0.220. The van der Waals surface area contributed by atoms with Crippen molar-refractivity contribution < 1.29 is 9.53 Å². The molecule has 7 heteroatoms. The lowest BCUT2D eigenvalue weighted by molar-refractivity contribution is 0.0937. The number of aromatic nitrogens is 2. The largest absolute Gasteiger partial charge is 0.378 e.